The van der Waals surface area contributed by atoms with Crippen LogP contribution in [0.5, 0.6) is 0 Å². The number of aryl methyl sites for hydroxylation is 1. The zero-order valence-corrected chi connectivity index (χ0v) is 7.43. The Balaban J connectivity index is 2.75. The van der Waals surface area contributed by atoms with E-state index in [0.29, 0.717) is 5.82 Å². The Kier molecular flexibility index (Phi) is 3.05. The van der Waals surface area contributed by atoms with Gasteiger partial charge in [-0.1, -0.05) is 6.07 Å². The van der Waals surface area contributed by atoms with Gasteiger partial charge >= 0.3 is 0 Å². The first-order valence-electron chi connectivity index (χ1n) is 3.51. The number of pyridine rings is 1. The summed E-state index contributed by atoms with van der Waals surface area (Å²) in [6.07, 6.45) is 1.62. The van der Waals surface area contributed by atoms with Crippen LogP contribution in [0.4, 0.5) is 5.82 Å². The summed E-state index contributed by atoms with van der Waals surface area (Å²) in [6.45, 7) is 1.87. The van der Waals surface area contributed by atoms with Gasteiger partial charge in [0.25, 0.3) is 0 Å². The highest BCUT2D eigenvalue weighted by molar-refractivity contribution is 6.29. The molecule has 1 heterocycles. The summed E-state index contributed by atoms with van der Waals surface area (Å²) < 4.78 is 0. The summed E-state index contributed by atoms with van der Waals surface area (Å²) in [5.41, 5.74) is 0.927. The first kappa shape index (κ1) is 9.00. The summed E-state index contributed by atoms with van der Waals surface area (Å²) in [6, 6.07) is 3.68. The van der Waals surface area contributed by atoms with E-state index in [9.17, 15) is 4.79 Å². The molecule has 1 aromatic heterocycles. The Labute approximate surface area is 75.8 Å². The number of carbonyl (C=O) groups is 1. The minimum Gasteiger partial charge on any atom is -0.309 e. The molecule has 0 atom stereocenters. The van der Waals surface area contributed by atoms with E-state index in [1.807, 2.05) is 19.1 Å². The lowest BCUT2D eigenvalue weighted by Crippen LogP contribution is -2.14. The molecule has 0 radical (unpaired) electrons. The van der Waals surface area contributed by atoms with Crippen molar-refractivity contribution in [2.75, 3.05) is 11.2 Å². The standard InChI is InChI=1S/C8H9ClN2O/c1-6-3-2-4-10-8(6)11-7(12)5-9/h2-4H,5H2,1H3,(H,10,11,12). The summed E-state index contributed by atoms with van der Waals surface area (Å²) >= 11 is 5.31. The van der Waals surface area contributed by atoms with Crippen LogP contribution in [-0.4, -0.2) is 16.8 Å². The van der Waals surface area contributed by atoms with Crippen LogP contribution in [0.1, 0.15) is 5.56 Å². The van der Waals surface area contributed by atoms with Gasteiger partial charge in [0.05, 0.1) is 0 Å². The van der Waals surface area contributed by atoms with E-state index in [2.05, 4.69) is 10.3 Å². The Hall–Kier alpha value is -1.09. The molecule has 0 aromatic carbocycles. The Morgan fingerprint density at radius 3 is 3.08 bits per heavy atom. The monoisotopic (exact) mass is 184 g/mol. The maximum Gasteiger partial charge on any atom is 0.240 e. The third-order valence-corrected chi connectivity index (χ3v) is 1.63. The molecular weight excluding hydrogens is 176 g/mol. The predicted octanol–water partition coefficient (Wildman–Crippen LogP) is 1.57. The molecule has 12 heavy (non-hydrogen) atoms. The number of nitrogens with one attached hydrogen (secondary N) is 1. The van der Waals surface area contributed by atoms with Gasteiger partial charge in [0.1, 0.15) is 11.7 Å². The molecule has 0 unspecified atom stereocenters. The van der Waals surface area contributed by atoms with Gasteiger partial charge < -0.3 is 5.32 Å². The van der Waals surface area contributed by atoms with E-state index >= 15 is 0 Å². The summed E-state index contributed by atoms with van der Waals surface area (Å²) in [4.78, 5) is 14.8. The number of hydrogen-bond acceptors (Lipinski definition) is 2. The zero-order chi connectivity index (χ0) is 8.97. The minimum absolute atomic E-state index is 0.0456. The van der Waals surface area contributed by atoms with Crippen molar-refractivity contribution in [1.29, 1.82) is 0 Å². The van der Waals surface area contributed by atoms with E-state index in [1.165, 1.54) is 0 Å². The number of amides is 1. The van der Waals surface area contributed by atoms with E-state index in [1.54, 1.807) is 6.20 Å². The van der Waals surface area contributed by atoms with Gasteiger partial charge in [-0.2, -0.15) is 0 Å². The summed E-state index contributed by atoms with van der Waals surface area (Å²) in [7, 11) is 0. The molecule has 0 fully saturated rings. The molecule has 1 aromatic rings. The number of nitrogens with zero attached hydrogens (tertiary/aromatic N) is 1. The number of halogens is 1. The van der Waals surface area contributed by atoms with Gasteiger partial charge in [0.2, 0.25) is 5.91 Å². The van der Waals surface area contributed by atoms with Gasteiger partial charge in [-0.15, -0.1) is 11.6 Å². The highest BCUT2D eigenvalue weighted by Gasteiger charge is 2.02. The summed E-state index contributed by atoms with van der Waals surface area (Å²) in [5, 5.41) is 2.58. The quantitative estimate of drug-likeness (QED) is 0.709. The molecule has 1 amide bonds. The maximum atomic E-state index is 10.9. The molecule has 1 rings (SSSR count). The van der Waals surface area contributed by atoms with E-state index in [0.717, 1.165) is 5.56 Å². The molecule has 0 bridgehead atoms. The lowest BCUT2D eigenvalue weighted by Gasteiger charge is -2.03. The lowest BCUT2D eigenvalue weighted by atomic mass is 10.3. The maximum absolute atomic E-state index is 10.9. The van der Waals surface area contributed by atoms with Gasteiger partial charge in [0, 0.05) is 6.20 Å². The molecule has 0 saturated heterocycles. The van der Waals surface area contributed by atoms with Crippen LogP contribution in [0, 0.1) is 6.92 Å². The first-order valence-corrected chi connectivity index (χ1v) is 4.05. The van der Waals surface area contributed by atoms with Crippen LogP contribution in [0.2, 0.25) is 0 Å². The molecule has 0 saturated carbocycles. The summed E-state index contributed by atoms with van der Waals surface area (Å²) in [5.74, 6) is 0.289. The molecule has 4 heteroatoms. The van der Waals surface area contributed by atoms with Crippen LogP contribution in [0.25, 0.3) is 0 Å². The first-order chi connectivity index (χ1) is 5.74. The van der Waals surface area contributed by atoms with Gasteiger partial charge in [-0.3, -0.25) is 4.79 Å². The van der Waals surface area contributed by atoms with Crippen LogP contribution in [0.3, 0.4) is 0 Å². The molecule has 0 spiro atoms. The third-order valence-electron chi connectivity index (χ3n) is 1.39. The smallest absolute Gasteiger partial charge is 0.240 e. The second kappa shape index (κ2) is 4.07. The van der Waals surface area contributed by atoms with Crippen molar-refractivity contribution in [3.63, 3.8) is 0 Å². The number of carbonyl (C=O) groups excluding carboxylic acids is 1. The van der Waals surface area contributed by atoms with Crippen LogP contribution in [-0.2, 0) is 4.79 Å². The van der Waals surface area contributed by atoms with Crippen LogP contribution >= 0.6 is 11.6 Å². The number of anilines is 1. The van der Waals surface area contributed by atoms with Crippen LogP contribution < -0.4 is 5.32 Å². The Morgan fingerprint density at radius 2 is 2.50 bits per heavy atom. The molecule has 1 N–H and O–H groups in total. The number of alkyl halides is 1. The highest BCUT2D eigenvalue weighted by Crippen LogP contribution is 2.08. The zero-order valence-electron chi connectivity index (χ0n) is 6.67. The average Bonchev–Trinajstić information content (AvgIpc) is 2.09. The second-order valence-corrected chi connectivity index (χ2v) is 2.62. The fraction of sp³-hybridized carbons (Fsp3) is 0.250. The van der Waals surface area contributed by atoms with Crippen molar-refractivity contribution in [2.45, 2.75) is 6.92 Å². The molecule has 0 aliphatic carbocycles. The van der Waals surface area contributed by atoms with Crippen molar-refractivity contribution in [3.8, 4) is 0 Å². The largest absolute Gasteiger partial charge is 0.309 e. The van der Waals surface area contributed by atoms with Crippen molar-refractivity contribution in [3.05, 3.63) is 23.9 Å². The van der Waals surface area contributed by atoms with Crippen LogP contribution in [0.15, 0.2) is 18.3 Å². The van der Waals surface area contributed by atoms with Crippen molar-refractivity contribution < 1.29 is 4.79 Å². The normalized spacial score (nSPS) is 9.50. The Morgan fingerprint density at radius 1 is 1.75 bits per heavy atom. The molecular formula is C8H9ClN2O. The lowest BCUT2D eigenvalue weighted by molar-refractivity contribution is -0.113. The van der Waals surface area contributed by atoms with Gasteiger partial charge in [-0.05, 0) is 18.6 Å². The van der Waals surface area contributed by atoms with Crippen molar-refractivity contribution >= 4 is 23.3 Å². The molecule has 64 valence electrons. The molecule has 0 aliphatic rings. The Bertz CT molecular complexity index is 288. The van der Waals surface area contributed by atoms with Gasteiger partial charge in [0.15, 0.2) is 0 Å². The minimum atomic E-state index is -0.238. The van der Waals surface area contributed by atoms with E-state index < -0.39 is 0 Å². The fourth-order valence-corrected chi connectivity index (χ4v) is 0.849. The number of hydrogen-bond donors (Lipinski definition) is 1. The molecule has 3 nitrogen and oxygen atoms in total. The van der Waals surface area contributed by atoms with Gasteiger partial charge in [-0.25, -0.2) is 4.98 Å². The molecule has 0 aliphatic heterocycles. The van der Waals surface area contributed by atoms with E-state index in [-0.39, 0.29) is 11.8 Å². The predicted molar refractivity (Wildman–Crippen MR) is 48.3 cm³/mol. The van der Waals surface area contributed by atoms with Crippen molar-refractivity contribution in [2.24, 2.45) is 0 Å². The SMILES string of the molecule is Cc1cccnc1NC(=O)CCl. The number of rotatable bonds is 2. The third kappa shape index (κ3) is 2.20. The van der Waals surface area contributed by atoms with E-state index in [4.69, 9.17) is 11.6 Å². The topological polar surface area (TPSA) is 42.0 Å². The second-order valence-electron chi connectivity index (χ2n) is 2.35. The number of aromatic nitrogens is 1. The fourth-order valence-electron chi connectivity index (χ4n) is 0.782. The van der Waals surface area contributed by atoms with Crippen molar-refractivity contribution in [1.82, 2.24) is 4.98 Å². The average molecular weight is 185 g/mol. The highest BCUT2D eigenvalue weighted by atomic mass is 35.5.